The molecule has 0 amide bonds. The van der Waals surface area contributed by atoms with Crippen LogP contribution in [0.1, 0.15) is 10.4 Å². The number of nitro groups is 1. The van der Waals surface area contributed by atoms with E-state index in [1.165, 1.54) is 24.3 Å². The first-order valence-electron chi connectivity index (χ1n) is 4.16. The molecule has 1 aromatic rings. The van der Waals surface area contributed by atoms with E-state index in [-0.39, 0.29) is 17.9 Å². The fourth-order valence-electron chi connectivity index (χ4n) is 1.02. The molecule has 1 rings (SSSR count). The molecule has 15 heavy (non-hydrogen) atoms. The molecule has 0 heterocycles. The molecular weight excluding hydrogens is 198 g/mol. The Kier molecular flexibility index (Phi) is 3.56. The zero-order valence-corrected chi connectivity index (χ0v) is 7.88. The van der Waals surface area contributed by atoms with Crippen LogP contribution in [0.4, 0.5) is 5.69 Å². The zero-order valence-electron chi connectivity index (χ0n) is 7.88. The quantitative estimate of drug-likeness (QED) is 0.320. The number of ether oxygens (including phenoxy) is 1. The van der Waals surface area contributed by atoms with Crippen LogP contribution < -0.4 is 4.74 Å². The summed E-state index contributed by atoms with van der Waals surface area (Å²) in [6.07, 6.45) is 2.04. The fourth-order valence-corrected chi connectivity index (χ4v) is 1.02. The Balaban J connectivity index is 3.03. The highest BCUT2D eigenvalue weighted by Gasteiger charge is 2.10. The lowest BCUT2D eigenvalue weighted by molar-refractivity contribution is -0.384. The van der Waals surface area contributed by atoms with E-state index in [0.29, 0.717) is 12.0 Å². The van der Waals surface area contributed by atoms with Crippen molar-refractivity contribution in [2.45, 2.75) is 0 Å². The molecule has 0 saturated heterocycles. The number of non-ortho nitro benzene ring substituents is 1. The monoisotopic (exact) mass is 207 g/mol. The van der Waals surface area contributed by atoms with Crippen LogP contribution in [-0.4, -0.2) is 17.8 Å². The summed E-state index contributed by atoms with van der Waals surface area (Å²) in [5.74, 6) is 0.315. The van der Waals surface area contributed by atoms with Crippen LogP contribution in [0.3, 0.4) is 0 Å². The zero-order chi connectivity index (χ0) is 11.3. The molecule has 0 N–H and O–H groups in total. The number of nitrogens with zero attached hydrogens (tertiary/aromatic N) is 1. The van der Waals surface area contributed by atoms with Gasteiger partial charge in [-0.25, -0.2) is 0 Å². The maximum atomic E-state index is 10.6. The molecule has 0 bridgehead atoms. The van der Waals surface area contributed by atoms with E-state index in [1.807, 2.05) is 0 Å². The van der Waals surface area contributed by atoms with Gasteiger partial charge < -0.3 is 4.74 Å². The summed E-state index contributed by atoms with van der Waals surface area (Å²) in [5.41, 5.74) is 0.0223. The number of rotatable bonds is 5. The third-order valence-corrected chi connectivity index (χ3v) is 1.69. The van der Waals surface area contributed by atoms with Gasteiger partial charge in [0.2, 0.25) is 0 Å². The molecule has 5 heteroatoms. The van der Waals surface area contributed by atoms with Crippen molar-refractivity contribution in [3.63, 3.8) is 0 Å². The van der Waals surface area contributed by atoms with Crippen molar-refractivity contribution >= 4 is 12.0 Å². The number of carbonyl (C=O) groups is 1. The number of benzene rings is 1. The fraction of sp³-hybridized carbons (Fsp3) is 0.100. The van der Waals surface area contributed by atoms with E-state index >= 15 is 0 Å². The van der Waals surface area contributed by atoms with Crippen LogP contribution in [0.15, 0.2) is 30.9 Å². The Hall–Kier alpha value is -2.17. The normalized spacial score (nSPS) is 9.33. The molecule has 0 atom stereocenters. The molecule has 0 aliphatic carbocycles. The van der Waals surface area contributed by atoms with Crippen LogP contribution in [0.2, 0.25) is 0 Å². The largest absolute Gasteiger partial charge is 0.489 e. The molecule has 5 nitrogen and oxygen atoms in total. The van der Waals surface area contributed by atoms with E-state index in [1.54, 1.807) is 0 Å². The Bertz CT molecular complexity index is 400. The van der Waals surface area contributed by atoms with Crippen LogP contribution in [0.5, 0.6) is 5.75 Å². The minimum atomic E-state index is -0.565. The summed E-state index contributed by atoms with van der Waals surface area (Å²) in [5, 5.41) is 10.4. The number of hydrogen-bond acceptors (Lipinski definition) is 4. The number of nitro benzene ring substituents is 1. The third-order valence-electron chi connectivity index (χ3n) is 1.69. The van der Waals surface area contributed by atoms with Crippen molar-refractivity contribution in [2.24, 2.45) is 0 Å². The standard InChI is InChI=1S/C10H9NO4/c1-2-5-15-10-4-3-9(11(13)14)6-8(10)7-12/h2-4,6-7H,1,5H2. The van der Waals surface area contributed by atoms with Gasteiger partial charge in [-0.2, -0.15) is 0 Å². The van der Waals surface area contributed by atoms with E-state index in [9.17, 15) is 14.9 Å². The predicted octanol–water partition coefficient (Wildman–Crippen LogP) is 1.97. The van der Waals surface area contributed by atoms with Gasteiger partial charge in [-0.15, -0.1) is 0 Å². The van der Waals surface area contributed by atoms with Crippen LogP contribution in [0, 0.1) is 10.1 Å². The molecule has 0 saturated carbocycles. The number of carbonyl (C=O) groups excluding carboxylic acids is 1. The van der Waals surface area contributed by atoms with Crippen LogP contribution >= 0.6 is 0 Å². The summed E-state index contributed by atoms with van der Waals surface area (Å²) >= 11 is 0. The smallest absolute Gasteiger partial charge is 0.270 e. The van der Waals surface area contributed by atoms with Gasteiger partial charge in [0.25, 0.3) is 5.69 Å². The topological polar surface area (TPSA) is 69.4 Å². The first-order chi connectivity index (χ1) is 7.19. The summed E-state index contributed by atoms with van der Waals surface area (Å²) in [7, 11) is 0. The van der Waals surface area contributed by atoms with Crippen molar-refractivity contribution in [1.29, 1.82) is 0 Å². The molecule has 0 aromatic heterocycles. The molecule has 0 aliphatic rings. The Morgan fingerprint density at radius 1 is 1.53 bits per heavy atom. The lowest BCUT2D eigenvalue weighted by atomic mass is 10.2. The summed E-state index contributed by atoms with van der Waals surface area (Å²) < 4.78 is 5.14. The SMILES string of the molecule is C=CCOc1ccc([N+](=O)[O-])cc1C=O. The highest BCUT2D eigenvalue weighted by molar-refractivity contribution is 5.80. The van der Waals surface area contributed by atoms with Gasteiger partial charge in [-0.05, 0) is 6.07 Å². The molecule has 0 spiro atoms. The number of hydrogen-bond donors (Lipinski definition) is 0. The van der Waals surface area contributed by atoms with Gasteiger partial charge in [0.1, 0.15) is 12.4 Å². The highest BCUT2D eigenvalue weighted by Crippen LogP contribution is 2.22. The second kappa shape index (κ2) is 4.90. The summed E-state index contributed by atoms with van der Waals surface area (Å²) in [6.45, 7) is 3.70. The molecule has 0 aliphatic heterocycles. The average Bonchev–Trinajstić information content (AvgIpc) is 2.25. The van der Waals surface area contributed by atoms with E-state index in [0.717, 1.165) is 0 Å². The first kappa shape index (κ1) is 10.9. The van der Waals surface area contributed by atoms with Crippen LogP contribution in [-0.2, 0) is 0 Å². The maximum absolute atomic E-state index is 10.6. The second-order valence-corrected chi connectivity index (χ2v) is 2.70. The minimum absolute atomic E-state index is 0.136. The Morgan fingerprint density at radius 3 is 2.80 bits per heavy atom. The minimum Gasteiger partial charge on any atom is -0.489 e. The molecular formula is C10H9NO4. The number of aldehydes is 1. The van der Waals surface area contributed by atoms with E-state index in [2.05, 4.69) is 6.58 Å². The Morgan fingerprint density at radius 2 is 2.27 bits per heavy atom. The van der Waals surface area contributed by atoms with E-state index < -0.39 is 4.92 Å². The van der Waals surface area contributed by atoms with Gasteiger partial charge in [0.05, 0.1) is 10.5 Å². The van der Waals surface area contributed by atoms with Crippen molar-refractivity contribution in [3.05, 3.63) is 46.5 Å². The lowest BCUT2D eigenvalue weighted by Gasteiger charge is -2.04. The van der Waals surface area contributed by atoms with Gasteiger partial charge in [0, 0.05) is 12.1 Å². The predicted molar refractivity (Wildman–Crippen MR) is 54.2 cm³/mol. The van der Waals surface area contributed by atoms with Crippen molar-refractivity contribution in [2.75, 3.05) is 6.61 Å². The molecule has 0 unspecified atom stereocenters. The van der Waals surface area contributed by atoms with Gasteiger partial charge in [-0.3, -0.25) is 14.9 Å². The van der Waals surface area contributed by atoms with Gasteiger partial charge >= 0.3 is 0 Å². The molecule has 0 radical (unpaired) electrons. The van der Waals surface area contributed by atoms with Crippen LogP contribution in [0.25, 0.3) is 0 Å². The van der Waals surface area contributed by atoms with Gasteiger partial charge in [-0.1, -0.05) is 12.7 Å². The average molecular weight is 207 g/mol. The second-order valence-electron chi connectivity index (χ2n) is 2.70. The summed E-state index contributed by atoms with van der Waals surface area (Å²) in [4.78, 5) is 20.5. The molecule has 78 valence electrons. The van der Waals surface area contributed by atoms with Crippen molar-refractivity contribution in [1.82, 2.24) is 0 Å². The summed E-state index contributed by atoms with van der Waals surface area (Å²) in [6, 6.07) is 3.85. The highest BCUT2D eigenvalue weighted by atomic mass is 16.6. The molecule has 1 aromatic carbocycles. The molecule has 0 fully saturated rings. The van der Waals surface area contributed by atoms with Gasteiger partial charge in [0.15, 0.2) is 6.29 Å². The van der Waals surface area contributed by atoms with Crippen molar-refractivity contribution < 1.29 is 14.5 Å². The maximum Gasteiger partial charge on any atom is 0.270 e. The van der Waals surface area contributed by atoms with E-state index in [4.69, 9.17) is 4.74 Å². The Labute approximate surface area is 86.1 Å². The lowest BCUT2D eigenvalue weighted by Crippen LogP contribution is -1.98. The van der Waals surface area contributed by atoms with Crippen molar-refractivity contribution in [3.8, 4) is 5.75 Å². The first-order valence-corrected chi connectivity index (χ1v) is 4.16. The third kappa shape index (κ3) is 2.63.